The predicted octanol–water partition coefficient (Wildman–Crippen LogP) is 3.51. The molecule has 2 fully saturated rings. The Kier molecular flexibility index (Phi) is 3.83. The van der Waals surface area contributed by atoms with E-state index in [0.29, 0.717) is 17.8 Å². The standard InChI is InChI=1S/C16H24O2/c17-16-12-8-9-15(16)13(10-12)11-18-14-6-4-2-1-3-5-7-14/h8-9,12-15H,1-7,10-11H2. The Morgan fingerprint density at radius 3 is 2.39 bits per heavy atom. The van der Waals surface area contributed by atoms with Gasteiger partial charge in [0.2, 0.25) is 0 Å². The van der Waals surface area contributed by atoms with Crippen molar-refractivity contribution in [1.29, 1.82) is 0 Å². The molecule has 0 aromatic carbocycles. The quantitative estimate of drug-likeness (QED) is 0.714. The van der Waals surface area contributed by atoms with Gasteiger partial charge in [0.25, 0.3) is 0 Å². The molecule has 3 atom stereocenters. The summed E-state index contributed by atoms with van der Waals surface area (Å²) in [6.45, 7) is 0.807. The van der Waals surface area contributed by atoms with Crippen LogP contribution < -0.4 is 0 Å². The van der Waals surface area contributed by atoms with Gasteiger partial charge in [-0.05, 0) is 25.2 Å². The zero-order chi connectivity index (χ0) is 12.4. The first-order valence-corrected chi connectivity index (χ1v) is 7.68. The third-order valence-electron chi connectivity index (χ3n) is 4.91. The molecule has 0 aromatic heterocycles. The molecule has 0 radical (unpaired) electrons. The van der Waals surface area contributed by atoms with Crippen molar-refractivity contribution in [3.05, 3.63) is 12.2 Å². The van der Waals surface area contributed by atoms with Crippen LogP contribution in [0.2, 0.25) is 0 Å². The molecular formula is C16H24O2. The molecule has 0 spiro atoms. The van der Waals surface area contributed by atoms with Crippen LogP contribution in [0.1, 0.15) is 51.4 Å². The molecule has 100 valence electrons. The lowest BCUT2D eigenvalue weighted by Gasteiger charge is -2.24. The van der Waals surface area contributed by atoms with Crippen LogP contribution in [0.5, 0.6) is 0 Å². The van der Waals surface area contributed by atoms with E-state index >= 15 is 0 Å². The summed E-state index contributed by atoms with van der Waals surface area (Å²) >= 11 is 0. The SMILES string of the molecule is O=C1C2C=CC1C(COC1CCCCCCC1)C2. The highest BCUT2D eigenvalue weighted by Gasteiger charge is 2.43. The van der Waals surface area contributed by atoms with Gasteiger partial charge in [-0.3, -0.25) is 4.79 Å². The van der Waals surface area contributed by atoms with Crippen molar-refractivity contribution >= 4 is 5.78 Å². The fourth-order valence-electron chi connectivity index (χ4n) is 3.76. The largest absolute Gasteiger partial charge is 0.378 e. The number of fused-ring (bicyclic) bond motifs is 2. The molecule has 0 amide bonds. The second-order valence-electron chi connectivity index (χ2n) is 6.22. The molecule has 3 aliphatic carbocycles. The Balaban J connectivity index is 1.46. The maximum absolute atomic E-state index is 11.8. The summed E-state index contributed by atoms with van der Waals surface area (Å²) in [6.07, 6.45) is 14.9. The summed E-state index contributed by atoms with van der Waals surface area (Å²) in [4.78, 5) is 11.8. The Labute approximate surface area is 110 Å². The minimum Gasteiger partial charge on any atom is -0.378 e. The number of ketones is 1. The topological polar surface area (TPSA) is 26.3 Å². The van der Waals surface area contributed by atoms with Gasteiger partial charge in [-0.1, -0.05) is 44.3 Å². The number of Topliss-reactive ketones (excluding diaryl/α,β-unsaturated/α-hetero) is 1. The number of hydrogen-bond donors (Lipinski definition) is 0. The molecule has 3 unspecified atom stereocenters. The Bertz CT molecular complexity index is 326. The number of carbonyl (C=O) groups excluding carboxylic acids is 1. The van der Waals surface area contributed by atoms with Gasteiger partial charge in [0.1, 0.15) is 5.78 Å². The van der Waals surface area contributed by atoms with Crippen molar-refractivity contribution in [2.45, 2.75) is 57.5 Å². The number of carbonyl (C=O) groups is 1. The lowest BCUT2D eigenvalue weighted by molar-refractivity contribution is -0.121. The molecule has 3 rings (SSSR count). The van der Waals surface area contributed by atoms with E-state index < -0.39 is 0 Å². The average Bonchev–Trinajstić information content (AvgIpc) is 2.83. The van der Waals surface area contributed by atoms with Gasteiger partial charge in [0, 0.05) is 11.8 Å². The molecule has 2 bridgehead atoms. The summed E-state index contributed by atoms with van der Waals surface area (Å²) < 4.78 is 6.12. The van der Waals surface area contributed by atoms with Crippen LogP contribution in [-0.4, -0.2) is 18.5 Å². The normalized spacial score (nSPS) is 36.9. The van der Waals surface area contributed by atoms with Crippen molar-refractivity contribution in [2.75, 3.05) is 6.61 Å². The van der Waals surface area contributed by atoms with E-state index in [1.165, 1.54) is 44.9 Å². The highest BCUT2D eigenvalue weighted by atomic mass is 16.5. The van der Waals surface area contributed by atoms with Crippen molar-refractivity contribution in [1.82, 2.24) is 0 Å². The van der Waals surface area contributed by atoms with Gasteiger partial charge < -0.3 is 4.74 Å². The van der Waals surface area contributed by atoms with E-state index in [2.05, 4.69) is 12.2 Å². The molecule has 2 heteroatoms. The van der Waals surface area contributed by atoms with E-state index in [-0.39, 0.29) is 11.8 Å². The summed E-state index contributed by atoms with van der Waals surface area (Å²) in [5.41, 5.74) is 0. The highest BCUT2D eigenvalue weighted by molar-refractivity contribution is 5.91. The van der Waals surface area contributed by atoms with Gasteiger partial charge in [-0.25, -0.2) is 0 Å². The van der Waals surface area contributed by atoms with Crippen LogP contribution in [0, 0.1) is 17.8 Å². The molecule has 0 N–H and O–H groups in total. The van der Waals surface area contributed by atoms with Crippen molar-refractivity contribution in [2.24, 2.45) is 17.8 Å². The molecule has 0 heterocycles. The minimum absolute atomic E-state index is 0.184. The first kappa shape index (κ1) is 12.4. The van der Waals surface area contributed by atoms with Crippen LogP contribution in [-0.2, 0) is 9.53 Å². The van der Waals surface area contributed by atoms with Crippen LogP contribution in [0.4, 0.5) is 0 Å². The smallest absolute Gasteiger partial charge is 0.146 e. The molecular weight excluding hydrogens is 224 g/mol. The summed E-state index contributed by atoms with van der Waals surface area (Å²) in [5, 5.41) is 0. The van der Waals surface area contributed by atoms with Crippen molar-refractivity contribution < 1.29 is 9.53 Å². The molecule has 0 aromatic rings. The summed E-state index contributed by atoms with van der Waals surface area (Å²) in [5.74, 6) is 1.32. The molecule has 2 saturated carbocycles. The van der Waals surface area contributed by atoms with E-state index in [4.69, 9.17) is 4.74 Å². The first-order valence-electron chi connectivity index (χ1n) is 7.68. The zero-order valence-electron chi connectivity index (χ0n) is 11.1. The lowest BCUT2D eigenvalue weighted by atomic mass is 9.94. The second-order valence-corrected chi connectivity index (χ2v) is 6.22. The van der Waals surface area contributed by atoms with E-state index in [0.717, 1.165) is 13.0 Å². The number of rotatable bonds is 3. The molecule has 18 heavy (non-hydrogen) atoms. The van der Waals surface area contributed by atoms with Gasteiger partial charge in [0.15, 0.2) is 0 Å². The number of ether oxygens (including phenoxy) is 1. The molecule has 0 saturated heterocycles. The summed E-state index contributed by atoms with van der Waals surface area (Å²) in [7, 11) is 0. The van der Waals surface area contributed by atoms with Gasteiger partial charge >= 0.3 is 0 Å². The number of allylic oxidation sites excluding steroid dienone is 2. The molecule has 3 aliphatic rings. The third kappa shape index (κ3) is 2.54. The van der Waals surface area contributed by atoms with E-state index in [9.17, 15) is 4.79 Å². The van der Waals surface area contributed by atoms with Gasteiger partial charge in [-0.2, -0.15) is 0 Å². The molecule has 2 nitrogen and oxygen atoms in total. The van der Waals surface area contributed by atoms with E-state index in [1.54, 1.807) is 0 Å². The lowest BCUT2D eigenvalue weighted by Crippen LogP contribution is -2.22. The Hall–Kier alpha value is -0.630. The maximum atomic E-state index is 11.8. The van der Waals surface area contributed by atoms with Crippen LogP contribution >= 0.6 is 0 Å². The fraction of sp³-hybridized carbons (Fsp3) is 0.812. The van der Waals surface area contributed by atoms with Crippen molar-refractivity contribution in [3.8, 4) is 0 Å². The maximum Gasteiger partial charge on any atom is 0.146 e. The van der Waals surface area contributed by atoms with Crippen LogP contribution in [0.3, 0.4) is 0 Å². The van der Waals surface area contributed by atoms with Crippen LogP contribution in [0.15, 0.2) is 12.2 Å². The van der Waals surface area contributed by atoms with Crippen molar-refractivity contribution in [3.63, 3.8) is 0 Å². The average molecular weight is 248 g/mol. The fourth-order valence-corrected chi connectivity index (χ4v) is 3.76. The van der Waals surface area contributed by atoms with Gasteiger partial charge in [-0.15, -0.1) is 0 Å². The Morgan fingerprint density at radius 1 is 1.06 bits per heavy atom. The minimum atomic E-state index is 0.184. The highest BCUT2D eigenvalue weighted by Crippen LogP contribution is 2.40. The number of hydrogen-bond acceptors (Lipinski definition) is 2. The third-order valence-corrected chi connectivity index (χ3v) is 4.91. The molecule has 0 aliphatic heterocycles. The summed E-state index contributed by atoms with van der Waals surface area (Å²) in [6, 6.07) is 0. The van der Waals surface area contributed by atoms with Crippen LogP contribution in [0.25, 0.3) is 0 Å². The zero-order valence-corrected chi connectivity index (χ0v) is 11.1. The van der Waals surface area contributed by atoms with Gasteiger partial charge in [0.05, 0.1) is 12.7 Å². The predicted molar refractivity (Wildman–Crippen MR) is 71.3 cm³/mol. The Morgan fingerprint density at radius 2 is 1.78 bits per heavy atom. The monoisotopic (exact) mass is 248 g/mol. The second kappa shape index (κ2) is 5.56. The van der Waals surface area contributed by atoms with E-state index in [1.807, 2.05) is 0 Å². The first-order chi connectivity index (χ1) is 8.84.